The van der Waals surface area contributed by atoms with E-state index >= 15 is 0 Å². The van der Waals surface area contributed by atoms with Crippen molar-refractivity contribution in [2.75, 3.05) is 13.2 Å². The van der Waals surface area contributed by atoms with E-state index in [0.29, 0.717) is 13.2 Å². The van der Waals surface area contributed by atoms with Gasteiger partial charge in [0, 0.05) is 6.54 Å². The molecule has 28 heavy (non-hydrogen) atoms. The molecule has 0 spiro atoms. The third-order valence-electron chi connectivity index (χ3n) is 5.48. The van der Waals surface area contributed by atoms with Crippen molar-refractivity contribution in [1.29, 1.82) is 0 Å². The van der Waals surface area contributed by atoms with Crippen LogP contribution in [-0.4, -0.2) is 19.2 Å². The van der Waals surface area contributed by atoms with E-state index in [1.807, 2.05) is 13.0 Å². The first-order valence-corrected chi connectivity index (χ1v) is 10.4. The number of nitrogens with one attached hydrogen (secondary N) is 2. The van der Waals surface area contributed by atoms with Gasteiger partial charge in [0.1, 0.15) is 5.75 Å². The van der Waals surface area contributed by atoms with Crippen molar-refractivity contribution in [3.63, 3.8) is 0 Å². The molecule has 0 saturated heterocycles. The Balaban J connectivity index is 1.39. The fraction of sp³-hybridized carbons (Fsp3) is 0.458. The van der Waals surface area contributed by atoms with Crippen LogP contribution in [0.3, 0.4) is 0 Å². The molecule has 0 fully saturated rings. The van der Waals surface area contributed by atoms with Gasteiger partial charge in [-0.05, 0) is 80.7 Å². The first kappa shape index (κ1) is 20.2. The number of aryl methyl sites for hydroxylation is 4. The number of carbonyl (C=O) groups excluding carboxylic acids is 1. The number of ether oxygens (including phenoxy) is 1. The second-order valence-electron chi connectivity index (χ2n) is 7.78. The second kappa shape index (κ2) is 9.63. The number of urea groups is 1. The number of fused-ring (bicyclic) bond motifs is 1. The van der Waals surface area contributed by atoms with Crippen molar-refractivity contribution < 1.29 is 9.53 Å². The standard InChI is InChI=1S/C24H32N2O2/c1-17-8-6-9-18(2)23(17)28-15-7-14-25-24(27)26-19(3)21-13-12-20-10-4-5-11-22(20)16-21/h6,8-9,12-13,16,19H,4-5,7,10-11,14-15H2,1-3H3,(H2,25,26,27). The zero-order valence-corrected chi connectivity index (χ0v) is 17.3. The van der Waals surface area contributed by atoms with Gasteiger partial charge >= 0.3 is 6.03 Å². The van der Waals surface area contributed by atoms with Gasteiger partial charge in [-0.1, -0.05) is 36.4 Å². The highest BCUT2D eigenvalue weighted by Crippen LogP contribution is 2.25. The first-order valence-electron chi connectivity index (χ1n) is 10.4. The molecule has 1 unspecified atom stereocenters. The third-order valence-corrected chi connectivity index (χ3v) is 5.48. The Labute approximate surface area is 168 Å². The van der Waals surface area contributed by atoms with Crippen LogP contribution in [0.25, 0.3) is 0 Å². The first-order chi connectivity index (χ1) is 13.5. The topological polar surface area (TPSA) is 50.4 Å². The van der Waals surface area contributed by atoms with E-state index < -0.39 is 0 Å². The van der Waals surface area contributed by atoms with Crippen molar-refractivity contribution in [2.24, 2.45) is 0 Å². The average Bonchev–Trinajstić information content (AvgIpc) is 2.69. The number of carbonyl (C=O) groups is 1. The third kappa shape index (κ3) is 5.28. The van der Waals surface area contributed by atoms with Crippen LogP contribution in [0.2, 0.25) is 0 Å². The Morgan fingerprint density at radius 2 is 1.79 bits per heavy atom. The van der Waals surface area contributed by atoms with Crippen molar-refractivity contribution in [3.8, 4) is 5.75 Å². The maximum atomic E-state index is 12.2. The van der Waals surface area contributed by atoms with Crippen LogP contribution >= 0.6 is 0 Å². The van der Waals surface area contributed by atoms with Crippen LogP contribution in [0.4, 0.5) is 4.79 Å². The highest BCUT2D eigenvalue weighted by molar-refractivity contribution is 5.74. The van der Waals surface area contributed by atoms with Gasteiger partial charge in [0.2, 0.25) is 0 Å². The normalized spacial score (nSPS) is 14.1. The van der Waals surface area contributed by atoms with E-state index in [1.54, 1.807) is 0 Å². The summed E-state index contributed by atoms with van der Waals surface area (Å²) in [6, 6.07) is 12.6. The fourth-order valence-electron chi connectivity index (χ4n) is 3.83. The molecule has 4 heteroatoms. The van der Waals surface area contributed by atoms with Crippen LogP contribution in [0, 0.1) is 13.8 Å². The quantitative estimate of drug-likeness (QED) is 0.663. The summed E-state index contributed by atoms with van der Waals surface area (Å²) < 4.78 is 5.88. The zero-order chi connectivity index (χ0) is 19.9. The number of hydrogen-bond donors (Lipinski definition) is 2. The summed E-state index contributed by atoms with van der Waals surface area (Å²) in [7, 11) is 0. The zero-order valence-electron chi connectivity index (χ0n) is 17.3. The molecule has 1 aliphatic carbocycles. The van der Waals surface area contributed by atoms with Gasteiger partial charge in [0.15, 0.2) is 0 Å². The maximum Gasteiger partial charge on any atom is 0.315 e. The maximum absolute atomic E-state index is 12.2. The lowest BCUT2D eigenvalue weighted by Crippen LogP contribution is -2.37. The van der Waals surface area contributed by atoms with Crippen molar-refractivity contribution in [3.05, 3.63) is 64.2 Å². The minimum atomic E-state index is -0.128. The van der Waals surface area contributed by atoms with Crippen LogP contribution in [0.15, 0.2) is 36.4 Å². The summed E-state index contributed by atoms with van der Waals surface area (Å²) in [4.78, 5) is 12.2. The molecule has 150 valence electrons. The van der Waals surface area contributed by atoms with Gasteiger partial charge in [-0.15, -0.1) is 0 Å². The predicted molar refractivity (Wildman–Crippen MR) is 114 cm³/mol. The van der Waals surface area contributed by atoms with Crippen LogP contribution in [0.5, 0.6) is 5.75 Å². The summed E-state index contributed by atoms with van der Waals surface area (Å²) in [6.45, 7) is 7.32. The molecule has 0 heterocycles. The number of amides is 2. The van der Waals surface area contributed by atoms with Gasteiger partial charge in [0.25, 0.3) is 0 Å². The molecule has 0 radical (unpaired) electrons. The highest BCUT2D eigenvalue weighted by Gasteiger charge is 2.14. The van der Waals surface area contributed by atoms with Gasteiger partial charge in [-0.2, -0.15) is 0 Å². The molecule has 0 aliphatic heterocycles. The Kier molecular flexibility index (Phi) is 6.96. The Hall–Kier alpha value is -2.49. The van der Waals surface area contributed by atoms with Gasteiger partial charge in [-0.3, -0.25) is 0 Å². The average molecular weight is 381 g/mol. The van der Waals surface area contributed by atoms with Gasteiger partial charge in [-0.25, -0.2) is 4.79 Å². The lowest BCUT2D eigenvalue weighted by molar-refractivity contribution is 0.236. The van der Waals surface area contributed by atoms with Crippen LogP contribution in [-0.2, 0) is 12.8 Å². The molecular formula is C24H32N2O2. The van der Waals surface area contributed by atoms with Crippen molar-refractivity contribution >= 4 is 6.03 Å². The summed E-state index contributed by atoms with van der Waals surface area (Å²) in [5.41, 5.74) is 6.38. The monoisotopic (exact) mass is 380 g/mol. The molecule has 4 nitrogen and oxygen atoms in total. The summed E-state index contributed by atoms with van der Waals surface area (Å²) >= 11 is 0. The van der Waals surface area contributed by atoms with Crippen LogP contribution < -0.4 is 15.4 Å². The Morgan fingerprint density at radius 1 is 1.07 bits per heavy atom. The summed E-state index contributed by atoms with van der Waals surface area (Å²) in [5.74, 6) is 0.952. The molecule has 1 aliphatic rings. The minimum Gasteiger partial charge on any atom is -0.493 e. The number of benzene rings is 2. The van der Waals surface area contributed by atoms with E-state index in [2.05, 4.69) is 54.8 Å². The Bertz CT molecular complexity index is 796. The molecule has 1 atom stereocenters. The molecule has 2 N–H and O–H groups in total. The minimum absolute atomic E-state index is 0.00176. The van der Waals surface area contributed by atoms with E-state index in [-0.39, 0.29) is 12.1 Å². The van der Waals surface area contributed by atoms with Crippen LogP contribution in [0.1, 0.15) is 60.0 Å². The van der Waals surface area contributed by atoms with Gasteiger partial charge in [0.05, 0.1) is 12.6 Å². The highest BCUT2D eigenvalue weighted by atomic mass is 16.5. The molecule has 2 aromatic rings. The largest absolute Gasteiger partial charge is 0.493 e. The molecule has 2 aromatic carbocycles. The van der Waals surface area contributed by atoms with E-state index in [0.717, 1.165) is 29.7 Å². The summed E-state index contributed by atoms with van der Waals surface area (Å²) in [6.07, 6.45) is 5.66. The molecule has 0 saturated carbocycles. The lowest BCUT2D eigenvalue weighted by Gasteiger charge is -2.20. The molecular weight excluding hydrogens is 348 g/mol. The molecule has 3 rings (SSSR count). The molecule has 0 aromatic heterocycles. The van der Waals surface area contributed by atoms with Crippen molar-refractivity contribution in [1.82, 2.24) is 10.6 Å². The number of hydrogen-bond acceptors (Lipinski definition) is 2. The lowest BCUT2D eigenvalue weighted by atomic mass is 9.89. The summed E-state index contributed by atoms with van der Waals surface area (Å²) in [5, 5.41) is 5.97. The molecule has 0 bridgehead atoms. The van der Waals surface area contributed by atoms with Crippen molar-refractivity contribution in [2.45, 2.75) is 58.9 Å². The van der Waals surface area contributed by atoms with Gasteiger partial charge < -0.3 is 15.4 Å². The fourth-order valence-corrected chi connectivity index (χ4v) is 3.83. The van der Waals surface area contributed by atoms with E-state index in [9.17, 15) is 4.79 Å². The molecule has 2 amide bonds. The predicted octanol–water partition coefficient (Wildman–Crippen LogP) is 5.01. The van der Waals surface area contributed by atoms with E-state index in [4.69, 9.17) is 4.74 Å². The number of rotatable bonds is 7. The second-order valence-corrected chi connectivity index (χ2v) is 7.78. The number of para-hydroxylation sites is 1. The Morgan fingerprint density at radius 3 is 2.54 bits per heavy atom. The SMILES string of the molecule is Cc1cccc(C)c1OCCCNC(=O)NC(C)c1ccc2c(c1)CCCC2. The smallest absolute Gasteiger partial charge is 0.315 e. The van der Waals surface area contributed by atoms with E-state index in [1.165, 1.54) is 36.0 Å².